The molecule has 1 heterocycles. The first kappa shape index (κ1) is 14.6. The van der Waals surface area contributed by atoms with Gasteiger partial charge in [-0.15, -0.1) is 0 Å². The van der Waals surface area contributed by atoms with Gasteiger partial charge in [0.25, 0.3) is 0 Å². The van der Waals surface area contributed by atoms with Crippen LogP contribution in [0.15, 0.2) is 39.1 Å². The number of rotatable bonds is 6. The minimum Gasteiger partial charge on any atom is -0.312 e. The number of aromatic nitrogens is 3. The first-order chi connectivity index (χ1) is 9.15. The fourth-order valence-electron chi connectivity index (χ4n) is 1.59. The second-order valence-electron chi connectivity index (χ2n) is 4.67. The Morgan fingerprint density at radius 1 is 1.42 bits per heavy atom. The van der Waals surface area contributed by atoms with E-state index in [0.717, 1.165) is 27.6 Å². The van der Waals surface area contributed by atoms with Crippen LogP contribution in [0.4, 0.5) is 0 Å². The molecule has 0 aliphatic heterocycles. The lowest BCUT2D eigenvalue weighted by Crippen LogP contribution is -2.19. The Balaban J connectivity index is 1.96. The molecule has 0 radical (unpaired) electrons. The molecule has 0 aliphatic rings. The van der Waals surface area contributed by atoms with Gasteiger partial charge in [0.1, 0.15) is 6.33 Å². The average Bonchev–Trinajstić information content (AvgIpc) is 2.84. The van der Waals surface area contributed by atoms with Crippen molar-refractivity contribution in [1.82, 2.24) is 20.5 Å². The van der Waals surface area contributed by atoms with Crippen LogP contribution < -0.4 is 5.32 Å². The van der Waals surface area contributed by atoms with Crippen LogP contribution in [0.3, 0.4) is 0 Å². The van der Waals surface area contributed by atoms with Crippen molar-refractivity contribution in [2.45, 2.75) is 30.4 Å². The molecule has 0 bridgehead atoms. The molecule has 0 saturated carbocycles. The van der Waals surface area contributed by atoms with E-state index in [0.29, 0.717) is 5.92 Å². The van der Waals surface area contributed by atoms with Crippen LogP contribution in [0.1, 0.15) is 19.4 Å². The monoisotopic (exact) mass is 340 g/mol. The highest BCUT2D eigenvalue weighted by Crippen LogP contribution is 2.28. The van der Waals surface area contributed by atoms with Crippen LogP contribution in [0.25, 0.3) is 0 Å². The average molecular weight is 341 g/mol. The zero-order valence-electron chi connectivity index (χ0n) is 11.0. The zero-order chi connectivity index (χ0) is 13.7. The van der Waals surface area contributed by atoms with Crippen molar-refractivity contribution in [2.75, 3.05) is 6.54 Å². The van der Waals surface area contributed by atoms with E-state index < -0.39 is 0 Å². The Labute approximate surface area is 125 Å². The lowest BCUT2D eigenvalue weighted by atomic mass is 10.2. The van der Waals surface area contributed by atoms with Crippen molar-refractivity contribution in [1.29, 1.82) is 0 Å². The van der Waals surface area contributed by atoms with Gasteiger partial charge in [-0.05, 0) is 30.2 Å². The molecule has 1 aromatic heterocycles. The summed E-state index contributed by atoms with van der Waals surface area (Å²) >= 11 is 5.19. The number of H-pyrrole nitrogens is 1. The van der Waals surface area contributed by atoms with Crippen molar-refractivity contribution < 1.29 is 0 Å². The Hall–Kier alpha value is -0.850. The van der Waals surface area contributed by atoms with Gasteiger partial charge >= 0.3 is 0 Å². The van der Waals surface area contributed by atoms with Gasteiger partial charge < -0.3 is 5.32 Å². The van der Waals surface area contributed by atoms with Gasteiger partial charge in [-0.3, -0.25) is 5.10 Å². The van der Waals surface area contributed by atoms with Crippen LogP contribution in [0.2, 0.25) is 0 Å². The van der Waals surface area contributed by atoms with Gasteiger partial charge in [0.15, 0.2) is 5.16 Å². The predicted molar refractivity (Wildman–Crippen MR) is 81.2 cm³/mol. The van der Waals surface area contributed by atoms with E-state index in [1.807, 2.05) is 0 Å². The SMILES string of the molecule is CC(C)CNCc1ccc(Sc2ncn[nH]2)cc1Br. The second kappa shape index (κ2) is 7.07. The Bertz CT molecular complexity index is 513. The normalized spacial score (nSPS) is 11.2. The first-order valence-corrected chi connectivity index (χ1v) is 7.78. The molecule has 0 fully saturated rings. The van der Waals surface area contributed by atoms with E-state index in [4.69, 9.17) is 0 Å². The molecule has 0 aliphatic carbocycles. The summed E-state index contributed by atoms with van der Waals surface area (Å²) in [6.45, 7) is 6.32. The van der Waals surface area contributed by atoms with E-state index in [1.165, 1.54) is 11.9 Å². The summed E-state index contributed by atoms with van der Waals surface area (Å²) in [5, 5.41) is 10.9. The number of nitrogens with zero attached hydrogens (tertiary/aromatic N) is 2. The second-order valence-corrected chi connectivity index (χ2v) is 6.59. The van der Waals surface area contributed by atoms with Gasteiger partial charge in [0.05, 0.1) is 0 Å². The van der Waals surface area contributed by atoms with Gasteiger partial charge in [-0.25, -0.2) is 4.98 Å². The topological polar surface area (TPSA) is 53.6 Å². The standard InChI is InChI=1S/C13H17BrN4S/c1-9(2)6-15-7-10-3-4-11(5-12(10)14)19-13-16-8-17-18-13/h3-5,8-9,15H,6-7H2,1-2H3,(H,16,17,18). The molecule has 0 unspecified atom stereocenters. The third-order valence-electron chi connectivity index (χ3n) is 2.50. The molecular weight excluding hydrogens is 324 g/mol. The summed E-state index contributed by atoms with van der Waals surface area (Å²) in [5.41, 5.74) is 1.27. The zero-order valence-corrected chi connectivity index (χ0v) is 13.4. The van der Waals surface area contributed by atoms with E-state index >= 15 is 0 Å². The minimum absolute atomic E-state index is 0.667. The quantitative estimate of drug-likeness (QED) is 0.845. The summed E-state index contributed by atoms with van der Waals surface area (Å²) in [5.74, 6) is 0.667. The van der Waals surface area contributed by atoms with Crippen molar-refractivity contribution in [3.63, 3.8) is 0 Å². The molecule has 2 rings (SSSR count). The summed E-state index contributed by atoms with van der Waals surface area (Å²) in [6.07, 6.45) is 1.52. The van der Waals surface area contributed by atoms with E-state index in [9.17, 15) is 0 Å². The number of aromatic amines is 1. The lowest BCUT2D eigenvalue weighted by Gasteiger charge is -2.10. The number of benzene rings is 1. The van der Waals surface area contributed by atoms with Gasteiger partial charge in [-0.2, -0.15) is 5.10 Å². The molecule has 2 N–H and O–H groups in total. The lowest BCUT2D eigenvalue weighted by molar-refractivity contribution is 0.551. The number of hydrogen-bond donors (Lipinski definition) is 2. The molecule has 0 saturated heterocycles. The summed E-state index contributed by atoms with van der Waals surface area (Å²) < 4.78 is 1.12. The highest BCUT2D eigenvalue weighted by Gasteiger charge is 2.05. The molecular formula is C13H17BrN4S. The van der Waals surface area contributed by atoms with Crippen molar-refractivity contribution in [2.24, 2.45) is 5.92 Å². The van der Waals surface area contributed by atoms with Crippen LogP contribution >= 0.6 is 27.7 Å². The van der Waals surface area contributed by atoms with Crippen molar-refractivity contribution >= 4 is 27.7 Å². The smallest absolute Gasteiger partial charge is 0.188 e. The fraction of sp³-hybridized carbons (Fsp3) is 0.385. The van der Waals surface area contributed by atoms with Gasteiger partial charge in [0.2, 0.25) is 0 Å². The molecule has 1 aromatic carbocycles. The largest absolute Gasteiger partial charge is 0.312 e. The van der Waals surface area contributed by atoms with Crippen molar-refractivity contribution in [3.8, 4) is 0 Å². The molecule has 102 valence electrons. The van der Waals surface area contributed by atoms with Crippen LogP contribution in [-0.4, -0.2) is 21.7 Å². The Morgan fingerprint density at radius 2 is 2.26 bits per heavy atom. The molecule has 4 nitrogen and oxygen atoms in total. The maximum Gasteiger partial charge on any atom is 0.188 e. The van der Waals surface area contributed by atoms with Gasteiger partial charge in [0, 0.05) is 15.9 Å². The number of nitrogens with one attached hydrogen (secondary N) is 2. The minimum atomic E-state index is 0.667. The fourth-order valence-corrected chi connectivity index (χ4v) is 2.99. The highest BCUT2D eigenvalue weighted by molar-refractivity contribution is 9.10. The third-order valence-corrected chi connectivity index (χ3v) is 4.12. The molecule has 0 amide bonds. The summed E-state index contributed by atoms with van der Waals surface area (Å²) in [7, 11) is 0. The molecule has 6 heteroatoms. The van der Waals surface area contributed by atoms with E-state index in [2.05, 4.69) is 68.5 Å². The third kappa shape index (κ3) is 4.63. The van der Waals surface area contributed by atoms with Crippen LogP contribution in [0, 0.1) is 5.92 Å². The molecule has 2 aromatic rings. The Morgan fingerprint density at radius 3 is 2.89 bits per heavy atom. The predicted octanol–water partition coefficient (Wildman–Crippen LogP) is 3.46. The number of hydrogen-bond acceptors (Lipinski definition) is 4. The molecule has 0 spiro atoms. The highest BCUT2D eigenvalue weighted by atomic mass is 79.9. The summed E-state index contributed by atoms with van der Waals surface area (Å²) in [6, 6.07) is 6.35. The Kier molecular flexibility index (Phi) is 5.42. The molecule has 19 heavy (non-hydrogen) atoms. The maximum atomic E-state index is 4.10. The van der Waals surface area contributed by atoms with Crippen LogP contribution in [0.5, 0.6) is 0 Å². The summed E-state index contributed by atoms with van der Waals surface area (Å²) in [4.78, 5) is 5.24. The van der Waals surface area contributed by atoms with E-state index in [-0.39, 0.29) is 0 Å². The van der Waals surface area contributed by atoms with Crippen molar-refractivity contribution in [3.05, 3.63) is 34.6 Å². The maximum absolute atomic E-state index is 4.10. The van der Waals surface area contributed by atoms with Gasteiger partial charge in [-0.1, -0.05) is 47.6 Å². The van der Waals surface area contributed by atoms with E-state index in [1.54, 1.807) is 11.8 Å². The number of halogens is 1. The first-order valence-electron chi connectivity index (χ1n) is 6.17. The molecule has 0 atom stereocenters. The van der Waals surface area contributed by atoms with Crippen LogP contribution in [-0.2, 0) is 6.54 Å².